The summed E-state index contributed by atoms with van der Waals surface area (Å²) in [6.45, 7) is 5.92. The monoisotopic (exact) mass is 379 g/mol. The number of nitrogens with one attached hydrogen (secondary N) is 1. The Bertz CT molecular complexity index is 783. The van der Waals surface area contributed by atoms with Crippen LogP contribution in [0.4, 0.5) is 11.5 Å². The third-order valence-corrected chi connectivity index (χ3v) is 5.94. The molecule has 2 aliphatic rings. The maximum absolute atomic E-state index is 12.7. The number of hydrogen-bond donors (Lipinski definition) is 1. The third kappa shape index (κ3) is 4.11. The van der Waals surface area contributed by atoms with E-state index >= 15 is 0 Å². The van der Waals surface area contributed by atoms with Crippen molar-refractivity contribution in [3.8, 4) is 0 Å². The molecule has 1 amide bonds. The summed E-state index contributed by atoms with van der Waals surface area (Å²) in [7, 11) is 0. The molecule has 6 heteroatoms. The number of aromatic nitrogens is 2. The summed E-state index contributed by atoms with van der Waals surface area (Å²) >= 11 is 0. The molecule has 0 bridgehead atoms. The summed E-state index contributed by atoms with van der Waals surface area (Å²) in [6, 6.07) is 10.2. The molecule has 3 heterocycles. The van der Waals surface area contributed by atoms with Crippen molar-refractivity contribution in [2.24, 2.45) is 5.92 Å². The van der Waals surface area contributed by atoms with E-state index in [2.05, 4.69) is 37.2 Å². The Labute approximate surface area is 167 Å². The SMILES string of the molecule is C[C@H](NC(=O)C1CCN(c2cncnc2N2CCCC2)CC1)c1ccccc1. The lowest BCUT2D eigenvalue weighted by Gasteiger charge is -2.35. The first-order chi connectivity index (χ1) is 13.7. The van der Waals surface area contributed by atoms with Crippen LogP contribution in [-0.2, 0) is 4.79 Å². The van der Waals surface area contributed by atoms with Crippen LogP contribution in [0.3, 0.4) is 0 Å². The van der Waals surface area contributed by atoms with Crippen LogP contribution in [0.2, 0.25) is 0 Å². The van der Waals surface area contributed by atoms with Gasteiger partial charge in [0.2, 0.25) is 5.91 Å². The molecular formula is C22H29N5O. The zero-order valence-electron chi connectivity index (χ0n) is 16.6. The fraction of sp³-hybridized carbons (Fsp3) is 0.500. The van der Waals surface area contributed by atoms with Crippen molar-refractivity contribution in [1.82, 2.24) is 15.3 Å². The molecule has 148 valence electrons. The van der Waals surface area contributed by atoms with Gasteiger partial charge in [-0.1, -0.05) is 30.3 Å². The summed E-state index contributed by atoms with van der Waals surface area (Å²) < 4.78 is 0. The van der Waals surface area contributed by atoms with Crippen LogP contribution in [0.1, 0.15) is 44.2 Å². The lowest BCUT2D eigenvalue weighted by molar-refractivity contribution is -0.126. The highest BCUT2D eigenvalue weighted by Gasteiger charge is 2.28. The van der Waals surface area contributed by atoms with E-state index in [1.807, 2.05) is 31.3 Å². The van der Waals surface area contributed by atoms with E-state index < -0.39 is 0 Å². The quantitative estimate of drug-likeness (QED) is 0.865. The smallest absolute Gasteiger partial charge is 0.223 e. The molecule has 0 saturated carbocycles. The summed E-state index contributed by atoms with van der Waals surface area (Å²) in [5.74, 6) is 1.29. The van der Waals surface area contributed by atoms with Crippen molar-refractivity contribution in [3.05, 3.63) is 48.4 Å². The number of nitrogens with zero attached hydrogens (tertiary/aromatic N) is 4. The molecule has 1 atom stereocenters. The summed E-state index contributed by atoms with van der Waals surface area (Å²) in [4.78, 5) is 26.3. The first-order valence-corrected chi connectivity index (χ1v) is 10.4. The molecule has 2 fully saturated rings. The van der Waals surface area contributed by atoms with Gasteiger partial charge >= 0.3 is 0 Å². The Morgan fingerprint density at radius 3 is 2.50 bits per heavy atom. The molecule has 2 saturated heterocycles. The Hall–Kier alpha value is -2.63. The molecular weight excluding hydrogens is 350 g/mol. The van der Waals surface area contributed by atoms with Gasteiger partial charge in [0.25, 0.3) is 0 Å². The third-order valence-electron chi connectivity index (χ3n) is 5.94. The van der Waals surface area contributed by atoms with E-state index in [1.54, 1.807) is 6.33 Å². The molecule has 28 heavy (non-hydrogen) atoms. The van der Waals surface area contributed by atoms with Gasteiger partial charge < -0.3 is 15.1 Å². The predicted molar refractivity (Wildman–Crippen MR) is 111 cm³/mol. The average molecular weight is 380 g/mol. The van der Waals surface area contributed by atoms with E-state index in [0.29, 0.717) is 0 Å². The maximum atomic E-state index is 12.7. The topological polar surface area (TPSA) is 61.4 Å². The molecule has 4 rings (SSSR count). The van der Waals surface area contributed by atoms with Crippen LogP contribution >= 0.6 is 0 Å². The average Bonchev–Trinajstić information content (AvgIpc) is 3.29. The minimum absolute atomic E-state index is 0.0380. The van der Waals surface area contributed by atoms with Gasteiger partial charge in [-0.25, -0.2) is 9.97 Å². The molecule has 1 N–H and O–H groups in total. The molecule has 1 aromatic heterocycles. The zero-order valence-corrected chi connectivity index (χ0v) is 16.6. The molecule has 1 aromatic carbocycles. The number of hydrogen-bond acceptors (Lipinski definition) is 5. The number of piperidine rings is 1. The van der Waals surface area contributed by atoms with Crippen LogP contribution in [-0.4, -0.2) is 42.1 Å². The van der Waals surface area contributed by atoms with Gasteiger partial charge in [0, 0.05) is 32.1 Å². The Morgan fingerprint density at radius 2 is 1.79 bits per heavy atom. The zero-order chi connectivity index (χ0) is 19.3. The van der Waals surface area contributed by atoms with Crippen molar-refractivity contribution in [2.75, 3.05) is 36.0 Å². The van der Waals surface area contributed by atoms with E-state index in [0.717, 1.165) is 56.1 Å². The van der Waals surface area contributed by atoms with Crippen molar-refractivity contribution < 1.29 is 4.79 Å². The second kappa shape index (κ2) is 8.59. The lowest BCUT2D eigenvalue weighted by atomic mass is 9.95. The standard InChI is InChI=1S/C22H29N5O/c1-17(18-7-3-2-4-8-18)25-22(28)19-9-13-26(14-10-19)20-15-23-16-24-21(20)27-11-5-6-12-27/h2-4,7-8,15-17,19H,5-6,9-14H2,1H3,(H,25,28)/t17-/m0/s1. The first-order valence-electron chi connectivity index (χ1n) is 10.4. The summed E-state index contributed by atoms with van der Waals surface area (Å²) in [6.07, 6.45) is 7.75. The van der Waals surface area contributed by atoms with E-state index in [4.69, 9.17) is 0 Å². The molecule has 2 aromatic rings. The van der Waals surface area contributed by atoms with Crippen molar-refractivity contribution >= 4 is 17.4 Å². The second-order valence-electron chi connectivity index (χ2n) is 7.83. The van der Waals surface area contributed by atoms with Gasteiger partial charge in [0.05, 0.1) is 17.9 Å². The maximum Gasteiger partial charge on any atom is 0.223 e. The largest absolute Gasteiger partial charge is 0.367 e. The Morgan fingerprint density at radius 1 is 1.07 bits per heavy atom. The first kappa shape index (κ1) is 18.7. The second-order valence-corrected chi connectivity index (χ2v) is 7.83. The molecule has 0 aliphatic carbocycles. The summed E-state index contributed by atoms with van der Waals surface area (Å²) in [5, 5.41) is 3.19. The van der Waals surface area contributed by atoms with Crippen molar-refractivity contribution in [3.63, 3.8) is 0 Å². The Kier molecular flexibility index (Phi) is 5.74. The predicted octanol–water partition coefficient (Wildman–Crippen LogP) is 3.17. The number of amides is 1. The molecule has 0 unspecified atom stereocenters. The van der Waals surface area contributed by atoms with E-state index in [-0.39, 0.29) is 17.9 Å². The molecule has 2 aliphatic heterocycles. The fourth-order valence-electron chi connectivity index (χ4n) is 4.25. The van der Waals surface area contributed by atoms with Gasteiger partial charge in [-0.15, -0.1) is 0 Å². The van der Waals surface area contributed by atoms with Crippen molar-refractivity contribution in [1.29, 1.82) is 0 Å². The number of benzene rings is 1. The summed E-state index contributed by atoms with van der Waals surface area (Å²) in [5.41, 5.74) is 2.26. The molecule has 0 radical (unpaired) electrons. The van der Waals surface area contributed by atoms with Gasteiger partial charge in [-0.2, -0.15) is 0 Å². The highest BCUT2D eigenvalue weighted by atomic mass is 16.1. The number of anilines is 2. The highest BCUT2D eigenvalue weighted by Crippen LogP contribution is 2.31. The van der Waals surface area contributed by atoms with Crippen molar-refractivity contribution in [2.45, 2.75) is 38.6 Å². The van der Waals surface area contributed by atoms with E-state index in [1.165, 1.54) is 12.8 Å². The van der Waals surface area contributed by atoms with Crippen LogP contribution < -0.4 is 15.1 Å². The van der Waals surface area contributed by atoms with E-state index in [9.17, 15) is 4.79 Å². The highest BCUT2D eigenvalue weighted by molar-refractivity contribution is 5.79. The minimum atomic E-state index is 0.0380. The van der Waals surface area contributed by atoms with Crippen LogP contribution in [0.25, 0.3) is 0 Å². The number of carbonyl (C=O) groups is 1. The Balaban J connectivity index is 1.35. The fourth-order valence-corrected chi connectivity index (χ4v) is 4.25. The van der Waals surface area contributed by atoms with Crippen LogP contribution in [0.5, 0.6) is 0 Å². The number of carbonyl (C=O) groups excluding carboxylic acids is 1. The van der Waals surface area contributed by atoms with Gasteiger partial charge in [-0.05, 0) is 38.2 Å². The number of rotatable bonds is 5. The van der Waals surface area contributed by atoms with Gasteiger partial charge in [-0.3, -0.25) is 4.79 Å². The lowest BCUT2D eigenvalue weighted by Crippen LogP contribution is -2.41. The van der Waals surface area contributed by atoms with Crippen LogP contribution in [0, 0.1) is 5.92 Å². The van der Waals surface area contributed by atoms with Gasteiger partial charge in [0.1, 0.15) is 6.33 Å². The normalized spacial score (nSPS) is 18.9. The molecule has 0 spiro atoms. The van der Waals surface area contributed by atoms with Gasteiger partial charge in [0.15, 0.2) is 5.82 Å². The van der Waals surface area contributed by atoms with Crippen LogP contribution in [0.15, 0.2) is 42.9 Å². The molecule has 6 nitrogen and oxygen atoms in total. The minimum Gasteiger partial charge on any atom is -0.367 e.